The number of anilines is 2. The molecule has 4 aliphatic carbocycles. The number of carbonyl (C=O) groups excluding carboxylic acids is 1. The predicted molar refractivity (Wildman–Crippen MR) is 171 cm³/mol. The highest BCUT2D eigenvalue weighted by molar-refractivity contribution is 5.91. The first-order valence-corrected chi connectivity index (χ1v) is 17.0. The van der Waals surface area contributed by atoms with Crippen LogP contribution < -0.4 is 11.5 Å². The summed E-state index contributed by atoms with van der Waals surface area (Å²) in [5.74, 6) is 4.03. The van der Waals surface area contributed by atoms with Crippen molar-refractivity contribution in [3.05, 3.63) is 23.8 Å². The monoisotopic (exact) mass is 564 g/mol. The molecule has 0 heterocycles. The van der Waals surface area contributed by atoms with Crippen molar-refractivity contribution in [3.63, 3.8) is 0 Å². The van der Waals surface area contributed by atoms with Crippen LogP contribution in [0.15, 0.2) is 18.2 Å². The van der Waals surface area contributed by atoms with Crippen molar-refractivity contribution < 1.29 is 9.53 Å². The van der Waals surface area contributed by atoms with Crippen LogP contribution in [0, 0.1) is 57.2 Å². The Bertz CT molecular complexity index is 1110. The number of hydrogen-bond acceptors (Lipinski definition) is 4. The van der Waals surface area contributed by atoms with Crippen LogP contribution in [0.3, 0.4) is 0 Å². The molecule has 0 saturated heterocycles. The van der Waals surface area contributed by atoms with Gasteiger partial charge in [0.15, 0.2) is 0 Å². The average Bonchev–Trinajstić information content (AvgIpc) is 3.16. The van der Waals surface area contributed by atoms with E-state index in [-0.39, 0.29) is 22.9 Å². The lowest BCUT2D eigenvalue weighted by Crippen LogP contribution is -2.64. The number of ether oxygens (including phenoxy) is 1. The summed E-state index contributed by atoms with van der Waals surface area (Å²) in [6, 6.07) is 5.12. The Kier molecular flexibility index (Phi) is 8.08. The SMILES string of the molecule is CC(C)CCC[C@@H](C)[C@H]1CC[C@@]2(C)C3CC[C@H]4C(C)(C)CCC(OC(=O)c5cc(N)cc(N)c5)[C@]4(C)C3CC[C@]12C. The maximum absolute atomic E-state index is 13.6. The highest BCUT2D eigenvalue weighted by Gasteiger charge is 2.68. The van der Waals surface area contributed by atoms with Crippen LogP contribution in [0.1, 0.15) is 136 Å². The van der Waals surface area contributed by atoms with Gasteiger partial charge in [-0.3, -0.25) is 0 Å². The molecule has 1 aromatic rings. The zero-order valence-electron chi connectivity index (χ0n) is 27.5. The predicted octanol–water partition coefficient (Wildman–Crippen LogP) is 9.52. The summed E-state index contributed by atoms with van der Waals surface area (Å²) in [7, 11) is 0. The Morgan fingerprint density at radius 1 is 0.829 bits per heavy atom. The van der Waals surface area contributed by atoms with Gasteiger partial charge in [0.05, 0.1) is 5.56 Å². The first kappa shape index (κ1) is 30.7. The van der Waals surface area contributed by atoms with Crippen molar-refractivity contribution >= 4 is 17.3 Å². The van der Waals surface area contributed by atoms with Crippen LogP contribution in [0.4, 0.5) is 11.4 Å². The highest BCUT2D eigenvalue weighted by Crippen LogP contribution is 2.75. The largest absolute Gasteiger partial charge is 0.458 e. The lowest BCUT2D eigenvalue weighted by Gasteiger charge is -2.68. The standard InChI is InChI=1S/C37H60N2O2/c1-23(2)10-9-11-24(3)28-14-18-36(7)29-12-13-31-34(4,5)17-16-32(37(31,8)30(29)15-19-35(28,36)6)41-33(40)25-20-26(38)22-27(39)21-25/h20-24,28-32H,9-19,38-39H2,1-8H3/t24-,28-,29?,30?,31+,32?,35-,36+,37-/m1/s1. The lowest BCUT2D eigenvalue weighted by atomic mass is 9.37. The zero-order chi connectivity index (χ0) is 30.0. The number of nitrogens with two attached hydrogens (primary N) is 2. The first-order chi connectivity index (χ1) is 19.1. The Morgan fingerprint density at radius 2 is 1.49 bits per heavy atom. The number of hydrogen-bond donors (Lipinski definition) is 2. The van der Waals surface area contributed by atoms with Crippen molar-refractivity contribution in [2.24, 2.45) is 57.2 Å². The molecule has 9 atom stereocenters. The third-order valence-electron chi connectivity index (χ3n) is 14.0. The summed E-state index contributed by atoms with van der Waals surface area (Å²) in [6.07, 6.45) is 14.0. The molecule has 1 aromatic carbocycles. The fourth-order valence-electron chi connectivity index (χ4n) is 11.7. The van der Waals surface area contributed by atoms with E-state index in [1.807, 2.05) is 0 Å². The normalized spacial score (nSPS) is 40.4. The summed E-state index contributed by atoms with van der Waals surface area (Å²) in [4.78, 5) is 13.6. The maximum atomic E-state index is 13.6. The second-order valence-corrected chi connectivity index (χ2v) is 16.8. The number of rotatable bonds is 7. The van der Waals surface area contributed by atoms with Crippen LogP contribution in [0.2, 0.25) is 0 Å². The summed E-state index contributed by atoms with van der Waals surface area (Å²) in [6.45, 7) is 20.1. The molecule has 0 amide bonds. The number of fused-ring (bicyclic) bond motifs is 5. The van der Waals surface area contributed by atoms with E-state index in [1.54, 1.807) is 18.2 Å². The number of benzene rings is 1. The molecule has 3 unspecified atom stereocenters. The second-order valence-electron chi connectivity index (χ2n) is 16.8. The van der Waals surface area contributed by atoms with Crippen LogP contribution >= 0.6 is 0 Å². The van der Waals surface area contributed by atoms with E-state index in [1.165, 1.54) is 57.8 Å². The van der Waals surface area contributed by atoms with E-state index < -0.39 is 0 Å². The second kappa shape index (κ2) is 10.8. The highest BCUT2D eigenvalue weighted by atomic mass is 16.5. The smallest absolute Gasteiger partial charge is 0.338 e. The van der Waals surface area contributed by atoms with Crippen molar-refractivity contribution in [3.8, 4) is 0 Å². The average molecular weight is 565 g/mol. The molecular weight excluding hydrogens is 504 g/mol. The molecule has 4 nitrogen and oxygen atoms in total. The summed E-state index contributed by atoms with van der Waals surface area (Å²) in [5.41, 5.74) is 14.6. The van der Waals surface area contributed by atoms with E-state index in [9.17, 15) is 4.79 Å². The fraction of sp³-hybridized carbons (Fsp3) is 0.811. The van der Waals surface area contributed by atoms with Gasteiger partial charge in [-0.05, 0) is 121 Å². The Labute approximate surface area is 251 Å². The topological polar surface area (TPSA) is 78.3 Å². The first-order valence-electron chi connectivity index (χ1n) is 17.0. The van der Waals surface area contributed by atoms with Gasteiger partial charge in [0, 0.05) is 16.8 Å². The van der Waals surface area contributed by atoms with E-state index in [0.29, 0.717) is 45.5 Å². The van der Waals surface area contributed by atoms with Gasteiger partial charge in [0.2, 0.25) is 0 Å². The zero-order valence-corrected chi connectivity index (χ0v) is 27.5. The number of carbonyl (C=O) groups is 1. The molecule has 0 bridgehead atoms. The summed E-state index contributed by atoms with van der Waals surface area (Å²) < 4.78 is 6.54. The Hall–Kier alpha value is -1.71. The van der Waals surface area contributed by atoms with Gasteiger partial charge in [0.25, 0.3) is 0 Å². The minimum atomic E-state index is -0.265. The van der Waals surface area contributed by atoms with E-state index >= 15 is 0 Å². The van der Waals surface area contributed by atoms with Crippen LogP contribution in [-0.4, -0.2) is 12.1 Å². The van der Waals surface area contributed by atoms with Crippen molar-refractivity contribution in [1.82, 2.24) is 0 Å². The molecule has 0 radical (unpaired) electrons. The van der Waals surface area contributed by atoms with E-state index in [0.717, 1.165) is 30.6 Å². The van der Waals surface area contributed by atoms with Crippen molar-refractivity contribution in [2.75, 3.05) is 11.5 Å². The van der Waals surface area contributed by atoms with Gasteiger partial charge in [-0.15, -0.1) is 0 Å². The molecule has 4 aliphatic rings. The molecule has 0 spiro atoms. The van der Waals surface area contributed by atoms with E-state index in [2.05, 4.69) is 55.4 Å². The number of nitrogen functional groups attached to an aromatic ring is 2. The molecule has 4 heteroatoms. The summed E-state index contributed by atoms with van der Waals surface area (Å²) >= 11 is 0. The van der Waals surface area contributed by atoms with Gasteiger partial charge in [-0.1, -0.05) is 74.7 Å². The molecule has 4 saturated carbocycles. The molecule has 4 fully saturated rings. The summed E-state index contributed by atoms with van der Waals surface area (Å²) in [5, 5.41) is 0. The van der Waals surface area contributed by atoms with Gasteiger partial charge in [0.1, 0.15) is 6.10 Å². The minimum absolute atomic E-state index is 0.0164. The third-order valence-corrected chi connectivity index (χ3v) is 14.0. The van der Waals surface area contributed by atoms with E-state index in [4.69, 9.17) is 16.2 Å². The fourth-order valence-corrected chi connectivity index (χ4v) is 11.7. The van der Waals surface area contributed by atoms with Crippen LogP contribution in [-0.2, 0) is 4.74 Å². The molecule has 0 aliphatic heterocycles. The molecule has 5 rings (SSSR count). The van der Waals surface area contributed by atoms with Gasteiger partial charge >= 0.3 is 5.97 Å². The van der Waals surface area contributed by atoms with Crippen molar-refractivity contribution in [1.29, 1.82) is 0 Å². The molecular formula is C37H60N2O2. The number of esters is 1. The Morgan fingerprint density at radius 3 is 2.15 bits per heavy atom. The minimum Gasteiger partial charge on any atom is -0.458 e. The van der Waals surface area contributed by atoms with Crippen molar-refractivity contribution in [2.45, 2.75) is 132 Å². The van der Waals surface area contributed by atoms with Crippen LogP contribution in [0.25, 0.3) is 0 Å². The molecule has 4 N–H and O–H groups in total. The maximum Gasteiger partial charge on any atom is 0.338 e. The molecule has 0 aromatic heterocycles. The molecule has 41 heavy (non-hydrogen) atoms. The van der Waals surface area contributed by atoms with Crippen LogP contribution in [0.5, 0.6) is 0 Å². The van der Waals surface area contributed by atoms with Gasteiger partial charge in [-0.2, -0.15) is 0 Å². The van der Waals surface area contributed by atoms with Gasteiger partial charge in [-0.25, -0.2) is 4.79 Å². The molecule has 230 valence electrons. The van der Waals surface area contributed by atoms with Gasteiger partial charge < -0.3 is 16.2 Å². The third kappa shape index (κ3) is 5.01. The quantitative estimate of drug-likeness (QED) is 0.255. The Balaban J connectivity index is 1.42. The lowest BCUT2D eigenvalue weighted by molar-refractivity contribution is -0.216.